The molecule has 2 rings (SSSR count). The number of aryl methyl sites for hydroxylation is 2. The fraction of sp³-hybridized carbons (Fsp3) is 0.286. The Morgan fingerprint density at radius 3 is 2.24 bits per heavy atom. The standard InChI is InChI=1S/C14H14F3N3S/c1-8-4-9(2)19-12(5-8)21-13-7-10(14(15,16)17)6-11(18-3)20-13/h4-7H,1-3H3,(H,18,20). The van der Waals surface area contributed by atoms with Crippen LogP contribution in [-0.4, -0.2) is 17.0 Å². The van der Waals surface area contributed by atoms with Gasteiger partial charge >= 0.3 is 6.18 Å². The Bertz CT molecular complexity index is 636. The van der Waals surface area contributed by atoms with Gasteiger partial charge in [-0.15, -0.1) is 0 Å². The summed E-state index contributed by atoms with van der Waals surface area (Å²) in [5.74, 6) is 0.178. The second-order valence-corrected chi connectivity index (χ2v) is 5.59. The van der Waals surface area contributed by atoms with Gasteiger partial charge in [-0.25, -0.2) is 9.97 Å². The van der Waals surface area contributed by atoms with Crippen LogP contribution in [0.5, 0.6) is 0 Å². The average molecular weight is 313 g/mol. The molecule has 0 aromatic carbocycles. The first-order chi connectivity index (χ1) is 9.77. The first kappa shape index (κ1) is 15.6. The summed E-state index contributed by atoms with van der Waals surface area (Å²) in [6.07, 6.45) is -4.40. The molecule has 0 bridgehead atoms. The molecule has 3 nitrogen and oxygen atoms in total. The summed E-state index contributed by atoms with van der Waals surface area (Å²) in [5.41, 5.74) is 1.10. The van der Waals surface area contributed by atoms with Crippen LogP contribution in [0.15, 0.2) is 34.3 Å². The van der Waals surface area contributed by atoms with Crippen molar-refractivity contribution in [1.29, 1.82) is 0 Å². The normalized spacial score (nSPS) is 11.5. The molecule has 0 amide bonds. The molecular formula is C14H14F3N3S. The van der Waals surface area contributed by atoms with E-state index < -0.39 is 11.7 Å². The summed E-state index contributed by atoms with van der Waals surface area (Å²) in [5, 5.41) is 3.53. The Balaban J connectivity index is 2.39. The lowest BCUT2D eigenvalue weighted by atomic mass is 10.2. The highest BCUT2D eigenvalue weighted by Crippen LogP contribution is 2.34. The summed E-state index contributed by atoms with van der Waals surface area (Å²) < 4.78 is 38.6. The molecule has 0 saturated heterocycles. The van der Waals surface area contributed by atoms with Gasteiger partial charge in [-0.2, -0.15) is 13.2 Å². The van der Waals surface area contributed by atoms with Crippen LogP contribution >= 0.6 is 11.8 Å². The van der Waals surface area contributed by atoms with E-state index in [0.29, 0.717) is 5.03 Å². The quantitative estimate of drug-likeness (QED) is 0.916. The lowest BCUT2D eigenvalue weighted by Gasteiger charge is -2.11. The maximum atomic E-state index is 12.9. The van der Waals surface area contributed by atoms with Gasteiger partial charge in [-0.05, 0) is 55.4 Å². The highest BCUT2D eigenvalue weighted by Gasteiger charge is 2.31. The van der Waals surface area contributed by atoms with E-state index in [9.17, 15) is 13.2 Å². The van der Waals surface area contributed by atoms with Crippen LogP contribution < -0.4 is 5.32 Å². The zero-order valence-corrected chi connectivity index (χ0v) is 12.6. The molecule has 0 aliphatic rings. The van der Waals surface area contributed by atoms with Crippen LogP contribution in [0.25, 0.3) is 0 Å². The van der Waals surface area contributed by atoms with Crippen molar-refractivity contribution in [2.45, 2.75) is 30.1 Å². The van der Waals surface area contributed by atoms with E-state index in [-0.39, 0.29) is 10.8 Å². The molecule has 21 heavy (non-hydrogen) atoms. The lowest BCUT2D eigenvalue weighted by molar-refractivity contribution is -0.137. The largest absolute Gasteiger partial charge is 0.416 e. The molecule has 0 aliphatic carbocycles. The van der Waals surface area contributed by atoms with Gasteiger partial charge in [0.1, 0.15) is 15.9 Å². The number of halogens is 3. The van der Waals surface area contributed by atoms with E-state index in [4.69, 9.17) is 0 Å². The van der Waals surface area contributed by atoms with E-state index in [1.807, 2.05) is 26.0 Å². The minimum absolute atomic E-state index is 0.178. The highest BCUT2D eigenvalue weighted by molar-refractivity contribution is 7.99. The Kier molecular flexibility index (Phi) is 4.41. The monoisotopic (exact) mass is 313 g/mol. The van der Waals surface area contributed by atoms with Crippen LogP contribution in [0.4, 0.5) is 19.0 Å². The third-order valence-electron chi connectivity index (χ3n) is 2.67. The van der Waals surface area contributed by atoms with Gasteiger partial charge in [-0.1, -0.05) is 0 Å². The van der Waals surface area contributed by atoms with Crippen molar-refractivity contribution < 1.29 is 13.2 Å². The van der Waals surface area contributed by atoms with Gasteiger partial charge in [0.2, 0.25) is 0 Å². The van der Waals surface area contributed by atoms with Gasteiger partial charge in [-0.3, -0.25) is 0 Å². The third kappa shape index (κ3) is 4.10. The van der Waals surface area contributed by atoms with Crippen molar-refractivity contribution in [3.63, 3.8) is 0 Å². The molecule has 112 valence electrons. The second-order valence-electron chi connectivity index (χ2n) is 4.55. The van der Waals surface area contributed by atoms with Crippen molar-refractivity contribution in [1.82, 2.24) is 9.97 Å². The number of nitrogens with zero attached hydrogens (tertiary/aromatic N) is 2. The molecule has 2 heterocycles. The molecular weight excluding hydrogens is 299 g/mol. The topological polar surface area (TPSA) is 37.8 Å². The van der Waals surface area contributed by atoms with Gasteiger partial charge in [0.05, 0.1) is 5.56 Å². The number of aromatic nitrogens is 2. The van der Waals surface area contributed by atoms with Gasteiger partial charge in [0.25, 0.3) is 0 Å². The molecule has 1 N–H and O–H groups in total. The summed E-state index contributed by atoms with van der Waals surface area (Å²) >= 11 is 1.11. The molecule has 0 atom stereocenters. The maximum Gasteiger partial charge on any atom is 0.416 e. The van der Waals surface area contributed by atoms with Crippen molar-refractivity contribution in [2.75, 3.05) is 12.4 Å². The van der Waals surface area contributed by atoms with Gasteiger partial charge in [0.15, 0.2) is 0 Å². The van der Waals surface area contributed by atoms with Crippen LogP contribution in [0.2, 0.25) is 0 Å². The fourth-order valence-electron chi connectivity index (χ4n) is 1.81. The van der Waals surface area contributed by atoms with E-state index in [1.165, 1.54) is 7.05 Å². The van der Waals surface area contributed by atoms with E-state index >= 15 is 0 Å². The summed E-state index contributed by atoms with van der Waals surface area (Å²) in [4.78, 5) is 8.43. The zero-order valence-electron chi connectivity index (χ0n) is 11.7. The molecule has 0 aliphatic heterocycles. The van der Waals surface area contributed by atoms with E-state index in [1.54, 1.807) is 0 Å². The number of pyridine rings is 2. The summed E-state index contributed by atoms with van der Waals surface area (Å²) in [7, 11) is 1.53. The molecule has 7 heteroatoms. The van der Waals surface area contributed by atoms with Gasteiger partial charge in [0, 0.05) is 12.7 Å². The second kappa shape index (κ2) is 5.93. The Labute approximate surface area is 125 Å². The first-order valence-corrected chi connectivity index (χ1v) is 7.00. The number of anilines is 1. The Morgan fingerprint density at radius 2 is 1.67 bits per heavy atom. The molecule has 0 fully saturated rings. The van der Waals surface area contributed by atoms with Crippen LogP contribution in [0.1, 0.15) is 16.8 Å². The number of hydrogen-bond donors (Lipinski definition) is 1. The molecule has 2 aromatic rings. The van der Waals surface area contributed by atoms with Crippen molar-refractivity contribution in [3.8, 4) is 0 Å². The number of alkyl halides is 3. The minimum Gasteiger partial charge on any atom is -0.373 e. The predicted octanol–water partition coefficient (Wildman–Crippen LogP) is 4.31. The molecule has 0 saturated carbocycles. The van der Waals surface area contributed by atoms with Crippen molar-refractivity contribution in [3.05, 3.63) is 41.1 Å². The van der Waals surface area contributed by atoms with Crippen LogP contribution in [0.3, 0.4) is 0 Å². The average Bonchev–Trinajstić information content (AvgIpc) is 2.36. The SMILES string of the molecule is CNc1cc(C(F)(F)F)cc(Sc2cc(C)cc(C)n2)n1. The fourth-order valence-corrected chi connectivity index (χ4v) is 2.79. The third-order valence-corrected chi connectivity index (χ3v) is 3.51. The zero-order chi connectivity index (χ0) is 15.6. The Hall–Kier alpha value is -1.76. The lowest BCUT2D eigenvalue weighted by Crippen LogP contribution is -2.07. The molecule has 0 radical (unpaired) electrons. The highest BCUT2D eigenvalue weighted by atomic mass is 32.2. The molecule has 2 aromatic heterocycles. The minimum atomic E-state index is -4.40. The predicted molar refractivity (Wildman–Crippen MR) is 76.6 cm³/mol. The van der Waals surface area contributed by atoms with Crippen molar-refractivity contribution >= 4 is 17.6 Å². The van der Waals surface area contributed by atoms with E-state index in [0.717, 1.165) is 35.2 Å². The Morgan fingerprint density at radius 1 is 1.00 bits per heavy atom. The summed E-state index contributed by atoms with van der Waals surface area (Å²) in [6, 6.07) is 5.74. The number of nitrogens with one attached hydrogen (secondary N) is 1. The first-order valence-electron chi connectivity index (χ1n) is 6.18. The van der Waals surface area contributed by atoms with Crippen LogP contribution in [0, 0.1) is 13.8 Å². The van der Waals surface area contributed by atoms with Crippen molar-refractivity contribution in [2.24, 2.45) is 0 Å². The molecule has 0 unspecified atom stereocenters. The molecule has 0 spiro atoms. The smallest absolute Gasteiger partial charge is 0.373 e. The van der Waals surface area contributed by atoms with Crippen LogP contribution in [-0.2, 0) is 6.18 Å². The number of hydrogen-bond acceptors (Lipinski definition) is 4. The van der Waals surface area contributed by atoms with E-state index in [2.05, 4.69) is 15.3 Å². The maximum absolute atomic E-state index is 12.9. The van der Waals surface area contributed by atoms with Gasteiger partial charge < -0.3 is 5.32 Å². The number of rotatable bonds is 3. The summed E-state index contributed by atoms with van der Waals surface area (Å²) in [6.45, 7) is 3.76.